The van der Waals surface area contributed by atoms with E-state index in [1.165, 1.54) is 31.3 Å². The molecular weight excluding hydrogens is 239 g/mol. The molecule has 0 aliphatic carbocycles. The highest BCUT2D eigenvalue weighted by atomic mass is 19.4. The number of hydrogen-bond acceptors (Lipinski definition) is 3. The molecule has 0 saturated heterocycles. The summed E-state index contributed by atoms with van der Waals surface area (Å²) in [5.41, 5.74) is 0.233. The minimum Gasteiger partial charge on any atom is -0.508 e. The van der Waals surface area contributed by atoms with Gasteiger partial charge >= 0.3 is 12.3 Å². The highest BCUT2D eigenvalue weighted by Gasteiger charge is 2.30. The molecule has 0 saturated carbocycles. The van der Waals surface area contributed by atoms with Gasteiger partial charge in [-0.1, -0.05) is 6.07 Å². The number of anilines is 1. The summed E-state index contributed by atoms with van der Waals surface area (Å²) < 4.78 is 39.5. The van der Waals surface area contributed by atoms with Crippen molar-refractivity contribution in [3.63, 3.8) is 0 Å². The number of halogens is 3. The number of nitrogens with zero attached hydrogens (tertiary/aromatic N) is 1. The second-order valence-corrected chi connectivity index (χ2v) is 3.25. The van der Waals surface area contributed by atoms with E-state index in [0.717, 1.165) is 4.90 Å². The summed E-state index contributed by atoms with van der Waals surface area (Å²) in [6.45, 7) is -1.64. The van der Waals surface area contributed by atoms with Crippen LogP contribution in [0.1, 0.15) is 0 Å². The zero-order valence-corrected chi connectivity index (χ0v) is 8.86. The second-order valence-electron chi connectivity index (χ2n) is 3.25. The lowest BCUT2D eigenvalue weighted by molar-refractivity contribution is -0.159. The zero-order chi connectivity index (χ0) is 13.1. The van der Waals surface area contributed by atoms with Crippen LogP contribution in [0.2, 0.25) is 0 Å². The molecule has 0 bridgehead atoms. The molecule has 4 nitrogen and oxygen atoms in total. The molecule has 0 aromatic heterocycles. The molecule has 94 valence electrons. The first-order chi connectivity index (χ1) is 7.79. The van der Waals surface area contributed by atoms with Gasteiger partial charge in [-0.3, -0.25) is 4.90 Å². The number of benzene rings is 1. The zero-order valence-electron chi connectivity index (χ0n) is 8.86. The van der Waals surface area contributed by atoms with Gasteiger partial charge in [0.1, 0.15) is 5.75 Å². The van der Waals surface area contributed by atoms with Crippen LogP contribution in [0.25, 0.3) is 0 Å². The van der Waals surface area contributed by atoms with E-state index in [4.69, 9.17) is 5.11 Å². The molecule has 0 atom stereocenters. The van der Waals surface area contributed by atoms with Crippen molar-refractivity contribution in [3.8, 4) is 5.75 Å². The van der Waals surface area contributed by atoms with Gasteiger partial charge in [0.15, 0.2) is 6.61 Å². The number of carbonyl (C=O) groups excluding carboxylic acids is 1. The minimum atomic E-state index is -4.56. The number of carbonyl (C=O) groups is 1. The molecule has 1 aromatic carbocycles. The first kappa shape index (κ1) is 13.1. The van der Waals surface area contributed by atoms with E-state index in [-0.39, 0.29) is 11.4 Å². The molecule has 0 heterocycles. The van der Waals surface area contributed by atoms with Crippen LogP contribution in [0.3, 0.4) is 0 Å². The standard InChI is InChI=1S/C10H10F3NO3/c1-14(7-3-2-4-8(15)5-7)9(16)17-6-10(11,12)13/h2-5,15H,6H2,1H3. The van der Waals surface area contributed by atoms with E-state index in [0.29, 0.717) is 0 Å². The fourth-order valence-corrected chi connectivity index (χ4v) is 1.05. The van der Waals surface area contributed by atoms with E-state index >= 15 is 0 Å². The van der Waals surface area contributed by atoms with E-state index in [1.807, 2.05) is 0 Å². The molecule has 1 rings (SSSR count). The molecule has 0 spiro atoms. The topological polar surface area (TPSA) is 49.8 Å². The van der Waals surface area contributed by atoms with Crippen LogP contribution in [0.4, 0.5) is 23.7 Å². The first-order valence-corrected chi connectivity index (χ1v) is 4.56. The average molecular weight is 249 g/mol. The summed E-state index contributed by atoms with van der Waals surface area (Å²) in [7, 11) is 1.24. The lowest BCUT2D eigenvalue weighted by Gasteiger charge is -2.17. The second kappa shape index (κ2) is 4.94. The maximum absolute atomic E-state index is 11.8. The molecule has 1 N–H and O–H groups in total. The Bertz CT molecular complexity index is 406. The predicted molar refractivity (Wildman–Crippen MR) is 53.9 cm³/mol. The molecule has 1 amide bonds. The van der Waals surface area contributed by atoms with Crippen LogP contribution < -0.4 is 4.90 Å². The van der Waals surface area contributed by atoms with Gasteiger partial charge in [0.25, 0.3) is 0 Å². The molecule has 0 fully saturated rings. The normalized spacial score (nSPS) is 11.1. The SMILES string of the molecule is CN(C(=O)OCC(F)(F)F)c1cccc(O)c1. The van der Waals surface area contributed by atoms with Crippen molar-refractivity contribution in [2.24, 2.45) is 0 Å². The number of rotatable bonds is 2. The smallest absolute Gasteiger partial charge is 0.422 e. The molecule has 0 aliphatic rings. The third-order valence-electron chi connectivity index (χ3n) is 1.85. The lowest BCUT2D eigenvalue weighted by atomic mass is 10.3. The third-order valence-corrected chi connectivity index (χ3v) is 1.85. The number of aromatic hydroxyl groups is 1. The highest BCUT2D eigenvalue weighted by molar-refractivity contribution is 5.87. The Hall–Kier alpha value is -1.92. The van der Waals surface area contributed by atoms with Crippen LogP contribution in [0.15, 0.2) is 24.3 Å². The molecule has 1 aromatic rings. The largest absolute Gasteiger partial charge is 0.508 e. The van der Waals surface area contributed by atoms with Gasteiger partial charge < -0.3 is 9.84 Å². The number of ether oxygens (including phenoxy) is 1. The minimum absolute atomic E-state index is 0.0991. The van der Waals surface area contributed by atoms with Crippen LogP contribution in [-0.2, 0) is 4.74 Å². The summed E-state index contributed by atoms with van der Waals surface area (Å²) in [5, 5.41) is 9.14. The lowest BCUT2D eigenvalue weighted by Crippen LogP contribution is -2.30. The Kier molecular flexibility index (Phi) is 3.82. The Balaban J connectivity index is 2.64. The van der Waals surface area contributed by atoms with Gasteiger partial charge in [-0.15, -0.1) is 0 Å². The van der Waals surface area contributed by atoms with Crippen molar-refractivity contribution < 1.29 is 27.8 Å². The molecule has 17 heavy (non-hydrogen) atoms. The van der Waals surface area contributed by atoms with Gasteiger partial charge in [0, 0.05) is 13.1 Å². The fraction of sp³-hybridized carbons (Fsp3) is 0.300. The molecule has 7 heteroatoms. The van der Waals surface area contributed by atoms with Crippen LogP contribution in [0, 0.1) is 0 Å². The highest BCUT2D eigenvalue weighted by Crippen LogP contribution is 2.20. The maximum atomic E-state index is 11.8. The van der Waals surface area contributed by atoms with Gasteiger partial charge in [0.05, 0.1) is 5.69 Å². The van der Waals surface area contributed by atoms with Gasteiger partial charge in [-0.2, -0.15) is 13.2 Å². The average Bonchev–Trinajstić information content (AvgIpc) is 2.24. The summed E-state index contributed by atoms with van der Waals surface area (Å²) in [5.74, 6) is -0.0991. The molecule has 0 radical (unpaired) electrons. The van der Waals surface area contributed by atoms with E-state index < -0.39 is 18.9 Å². The van der Waals surface area contributed by atoms with E-state index in [9.17, 15) is 18.0 Å². The summed E-state index contributed by atoms with van der Waals surface area (Å²) in [4.78, 5) is 12.1. The van der Waals surface area contributed by atoms with E-state index in [1.54, 1.807) is 0 Å². The third kappa shape index (κ3) is 4.21. The van der Waals surface area contributed by atoms with Crippen molar-refractivity contribution >= 4 is 11.8 Å². The Labute approximate surface area is 95.2 Å². The Morgan fingerprint density at radius 2 is 2.12 bits per heavy atom. The van der Waals surface area contributed by atoms with Crippen LogP contribution >= 0.6 is 0 Å². The van der Waals surface area contributed by atoms with Gasteiger partial charge in [0.2, 0.25) is 0 Å². The monoisotopic (exact) mass is 249 g/mol. The van der Waals surface area contributed by atoms with Crippen molar-refractivity contribution in [1.82, 2.24) is 0 Å². The number of phenols is 1. The van der Waals surface area contributed by atoms with Crippen molar-refractivity contribution in [2.45, 2.75) is 6.18 Å². The van der Waals surface area contributed by atoms with Crippen molar-refractivity contribution in [3.05, 3.63) is 24.3 Å². The molecule has 0 aliphatic heterocycles. The summed E-state index contributed by atoms with van der Waals surface area (Å²) in [6, 6.07) is 5.51. The molecule has 0 unspecified atom stereocenters. The van der Waals surface area contributed by atoms with E-state index in [2.05, 4.69) is 4.74 Å². The fourth-order valence-electron chi connectivity index (χ4n) is 1.05. The quantitative estimate of drug-likeness (QED) is 0.876. The van der Waals surface area contributed by atoms with Gasteiger partial charge in [-0.25, -0.2) is 4.79 Å². The molecular formula is C10H10F3NO3. The number of amides is 1. The Morgan fingerprint density at radius 3 is 2.65 bits per heavy atom. The number of alkyl halides is 3. The predicted octanol–water partition coefficient (Wildman–Crippen LogP) is 2.53. The summed E-state index contributed by atoms with van der Waals surface area (Å²) in [6.07, 6.45) is -5.71. The maximum Gasteiger partial charge on any atom is 0.422 e. The first-order valence-electron chi connectivity index (χ1n) is 4.56. The van der Waals surface area contributed by atoms with Crippen LogP contribution in [0.5, 0.6) is 5.75 Å². The van der Waals surface area contributed by atoms with Gasteiger partial charge in [-0.05, 0) is 12.1 Å². The summed E-state index contributed by atoms with van der Waals surface area (Å²) >= 11 is 0. The number of hydrogen-bond donors (Lipinski definition) is 1. The van der Waals surface area contributed by atoms with Crippen molar-refractivity contribution in [1.29, 1.82) is 0 Å². The number of phenolic OH excluding ortho intramolecular Hbond substituents is 1. The van der Waals surface area contributed by atoms with Crippen molar-refractivity contribution in [2.75, 3.05) is 18.6 Å². The van der Waals surface area contributed by atoms with Crippen LogP contribution in [-0.4, -0.2) is 31.0 Å². The Morgan fingerprint density at radius 1 is 1.47 bits per heavy atom.